The predicted octanol–water partition coefficient (Wildman–Crippen LogP) is 2.66. The van der Waals surface area contributed by atoms with E-state index in [4.69, 9.17) is 4.74 Å². The Morgan fingerprint density at radius 3 is 2.84 bits per heavy atom. The molecule has 0 atom stereocenters. The van der Waals surface area contributed by atoms with E-state index in [1.54, 1.807) is 0 Å². The van der Waals surface area contributed by atoms with Crippen molar-refractivity contribution in [2.75, 3.05) is 13.2 Å². The maximum Gasteiger partial charge on any atom is 0.294 e. The smallest absolute Gasteiger partial charge is 0.294 e. The van der Waals surface area contributed by atoms with Gasteiger partial charge >= 0.3 is 0 Å². The molecule has 0 spiro atoms. The van der Waals surface area contributed by atoms with Gasteiger partial charge in [-0.2, -0.15) is 0 Å². The molecule has 0 radical (unpaired) electrons. The van der Waals surface area contributed by atoms with Crippen LogP contribution in [0.1, 0.15) is 23.9 Å². The van der Waals surface area contributed by atoms with Crippen molar-refractivity contribution >= 4 is 11.3 Å². The van der Waals surface area contributed by atoms with Crippen LogP contribution in [-0.2, 0) is 13.0 Å². The fourth-order valence-corrected chi connectivity index (χ4v) is 2.36. The summed E-state index contributed by atoms with van der Waals surface area (Å²) in [6.45, 7) is 4.46. The summed E-state index contributed by atoms with van der Waals surface area (Å²) in [5.74, 6) is 0. The summed E-state index contributed by atoms with van der Waals surface area (Å²) in [5.41, 5.74) is 1.34. The summed E-state index contributed by atoms with van der Waals surface area (Å²) in [6, 6.07) is 10.4. The van der Waals surface area contributed by atoms with E-state index in [9.17, 15) is 0 Å². The number of hydrogen-bond donors (Lipinski definition) is 1. The standard InChI is InChI=1S/C14H19N3OS/c1-2-15-11-13-16-17-14(19-13)18-10-6-9-12-7-4-3-5-8-12/h3-5,7-8,15H,2,6,9-11H2,1H3. The molecule has 2 rings (SSSR count). The van der Waals surface area contributed by atoms with Crippen molar-refractivity contribution in [1.29, 1.82) is 0 Å². The van der Waals surface area contributed by atoms with Crippen LogP contribution in [0, 0.1) is 0 Å². The van der Waals surface area contributed by atoms with Gasteiger partial charge in [0, 0.05) is 6.54 Å². The van der Waals surface area contributed by atoms with Crippen molar-refractivity contribution in [2.24, 2.45) is 0 Å². The molecule has 0 saturated heterocycles. The molecule has 0 aliphatic heterocycles. The zero-order chi connectivity index (χ0) is 13.3. The first-order chi connectivity index (χ1) is 9.38. The highest BCUT2D eigenvalue weighted by molar-refractivity contribution is 7.13. The minimum atomic E-state index is 0.668. The van der Waals surface area contributed by atoms with Crippen LogP contribution in [0.2, 0.25) is 0 Å². The molecule has 19 heavy (non-hydrogen) atoms. The molecule has 102 valence electrons. The van der Waals surface area contributed by atoms with Gasteiger partial charge in [0.25, 0.3) is 5.19 Å². The second-order valence-electron chi connectivity index (χ2n) is 4.18. The summed E-state index contributed by atoms with van der Waals surface area (Å²) < 4.78 is 5.61. The highest BCUT2D eigenvalue weighted by Gasteiger charge is 2.04. The molecule has 2 aromatic rings. The lowest BCUT2D eigenvalue weighted by molar-refractivity contribution is 0.307. The van der Waals surface area contributed by atoms with Gasteiger partial charge in [0.05, 0.1) is 6.61 Å². The number of benzene rings is 1. The zero-order valence-corrected chi connectivity index (χ0v) is 11.9. The first-order valence-corrected chi connectivity index (χ1v) is 7.40. The monoisotopic (exact) mass is 277 g/mol. The van der Waals surface area contributed by atoms with Crippen LogP contribution in [0.3, 0.4) is 0 Å². The molecule has 0 saturated carbocycles. The highest BCUT2D eigenvalue weighted by Crippen LogP contribution is 2.17. The van der Waals surface area contributed by atoms with E-state index in [1.807, 2.05) is 6.07 Å². The summed E-state index contributed by atoms with van der Waals surface area (Å²) in [7, 11) is 0. The predicted molar refractivity (Wildman–Crippen MR) is 77.5 cm³/mol. The molecule has 0 aliphatic rings. The molecule has 0 unspecified atom stereocenters. The Morgan fingerprint density at radius 1 is 1.21 bits per heavy atom. The Balaban J connectivity index is 1.66. The molecule has 5 heteroatoms. The van der Waals surface area contributed by atoms with Crippen LogP contribution < -0.4 is 10.1 Å². The van der Waals surface area contributed by atoms with Crippen molar-refractivity contribution in [3.8, 4) is 5.19 Å². The molecule has 0 bridgehead atoms. The second-order valence-corrected chi connectivity index (χ2v) is 5.20. The van der Waals surface area contributed by atoms with Crippen molar-refractivity contribution < 1.29 is 4.74 Å². The first kappa shape index (κ1) is 14.0. The number of aromatic nitrogens is 2. The largest absolute Gasteiger partial charge is 0.469 e. The van der Waals surface area contributed by atoms with E-state index in [0.717, 1.165) is 30.9 Å². The lowest BCUT2D eigenvalue weighted by atomic mass is 10.1. The maximum atomic E-state index is 5.61. The van der Waals surface area contributed by atoms with Crippen LogP contribution in [0.25, 0.3) is 0 Å². The summed E-state index contributed by atoms with van der Waals surface area (Å²) >= 11 is 1.51. The van der Waals surface area contributed by atoms with Crippen LogP contribution in [0.4, 0.5) is 0 Å². The fourth-order valence-electron chi connectivity index (χ4n) is 1.68. The maximum absolute atomic E-state index is 5.61. The molecule has 1 N–H and O–H groups in total. The Morgan fingerprint density at radius 2 is 2.05 bits per heavy atom. The SMILES string of the molecule is CCNCc1nnc(OCCCc2ccccc2)s1. The molecule has 1 aromatic heterocycles. The lowest BCUT2D eigenvalue weighted by Crippen LogP contribution is -2.11. The molecular weight excluding hydrogens is 258 g/mol. The third kappa shape index (κ3) is 4.96. The highest BCUT2D eigenvalue weighted by atomic mass is 32.1. The molecule has 4 nitrogen and oxygen atoms in total. The van der Waals surface area contributed by atoms with Gasteiger partial charge in [-0.3, -0.25) is 0 Å². The number of rotatable bonds is 8. The van der Waals surface area contributed by atoms with Gasteiger partial charge in [0.1, 0.15) is 5.01 Å². The summed E-state index contributed by atoms with van der Waals surface area (Å²) in [5, 5.41) is 13.0. The van der Waals surface area contributed by atoms with Gasteiger partial charge in [0.2, 0.25) is 0 Å². The van der Waals surface area contributed by atoms with E-state index in [2.05, 4.69) is 46.7 Å². The third-order valence-corrected chi connectivity index (χ3v) is 3.49. The molecule has 0 aliphatic carbocycles. The second kappa shape index (κ2) is 7.86. The van der Waals surface area contributed by atoms with Crippen LogP contribution in [-0.4, -0.2) is 23.3 Å². The molecular formula is C14H19N3OS. The Labute approximate surface area is 117 Å². The van der Waals surface area contributed by atoms with E-state index < -0.39 is 0 Å². The molecule has 1 heterocycles. The zero-order valence-electron chi connectivity index (χ0n) is 11.1. The quantitative estimate of drug-likeness (QED) is 0.754. The van der Waals surface area contributed by atoms with Crippen LogP contribution in [0.15, 0.2) is 30.3 Å². The number of aryl methyl sites for hydroxylation is 1. The van der Waals surface area contributed by atoms with Gasteiger partial charge in [-0.1, -0.05) is 48.6 Å². The number of nitrogens with zero attached hydrogens (tertiary/aromatic N) is 2. The number of nitrogens with one attached hydrogen (secondary N) is 1. The molecule has 1 aromatic carbocycles. The minimum absolute atomic E-state index is 0.668. The van der Waals surface area contributed by atoms with Crippen molar-refractivity contribution in [1.82, 2.24) is 15.5 Å². The number of hydrogen-bond acceptors (Lipinski definition) is 5. The Kier molecular flexibility index (Phi) is 5.78. The first-order valence-electron chi connectivity index (χ1n) is 6.58. The number of ether oxygens (including phenoxy) is 1. The molecule has 0 amide bonds. The molecule has 0 fully saturated rings. The van der Waals surface area contributed by atoms with Gasteiger partial charge in [0.15, 0.2) is 0 Å². The average molecular weight is 277 g/mol. The average Bonchev–Trinajstić information content (AvgIpc) is 2.90. The van der Waals surface area contributed by atoms with E-state index in [-0.39, 0.29) is 0 Å². The van der Waals surface area contributed by atoms with Gasteiger partial charge in [-0.15, -0.1) is 10.2 Å². The normalized spacial score (nSPS) is 10.6. The topological polar surface area (TPSA) is 47.0 Å². The van der Waals surface area contributed by atoms with Gasteiger partial charge in [-0.05, 0) is 24.9 Å². The van der Waals surface area contributed by atoms with Gasteiger partial charge in [-0.25, -0.2) is 0 Å². The van der Waals surface area contributed by atoms with Crippen LogP contribution >= 0.6 is 11.3 Å². The third-order valence-electron chi connectivity index (χ3n) is 2.65. The van der Waals surface area contributed by atoms with Gasteiger partial charge < -0.3 is 10.1 Å². The van der Waals surface area contributed by atoms with Crippen molar-refractivity contribution in [3.63, 3.8) is 0 Å². The van der Waals surface area contributed by atoms with E-state index >= 15 is 0 Å². The van der Waals surface area contributed by atoms with Crippen molar-refractivity contribution in [2.45, 2.75) is 26.3 Å². The minimum Gasteiger partial charge on any atom is -0.469 e. The fraction of sp³-hybridized carbons (Fsp3) is 0.429. The summed E-state index contributed by atoms with van der Waals surface area (Å²) in [4.78, 5) is 0. The van der Waals surface area contributed by atoms with Crippen LogP contribution in [0.5, 0.6) is 5.19 Å². The lowest BCUT2D eigenvalue weighted by Gasteiger charge is -2.02. The Hall–Kier alpha value is -1.46. The Bertz CT molecular complexity index is 473. The van der Waals surface area contributed by atoms with Crippen molar-refractivity contribution in [3.05, 3.63) is 40.9 Å². The van der Waals surface area contributed by atoms with E-state index in [1.165, 1.54) is 16.9 Å². The summed E-state index contributed by atoms with van der Waals surface area (Å²) in [6.07, 6.45) is 2.02. The van der Waals surface area contributed by atoms with E-state index in [0.29, 0.717) is 11.8 Å².